The minimum Gasteiger partial charge on any atom is -0.369 e. The van der Waals surface area contributed by atoms with Crippen LogP contribution in [0.2, 0.25) is 0 Å². The van der Waals surface area contributed by atoms with Gasteiger partial charge in [0.05, 0.1) is 12.2 Å². The summed E-state index contributed by atoms with van der Waals surface area (Å²) in [5, 5.41) is 3.55. The first kappa shape index (κ1) is 17.7. The summed E-state index contributed by atoms with van der Waals surface area (Å²) in [5.74, 6) is 0.509. The molecule has 20 heavy (non-hydrogen) atoms. The van der Waals surface area contributed by atoms with Crippen molar-refractivity contribution in [2.75, 3.05) is 6.54 Å². The molecule has 1 N–H and O–H groups in total. The predicted octanol–water partition coefficient (Wildman–Crippen LogP) is 4.94. The lowest BCUT2D eigenvalue weighted by Crippen LogP contribution is -2.40. The van der Waals surface area contributed by atoms with Crippen LogP contribution in [0.5, 0.6) is 0 Å². The SMILES string of the molecule is CC(C)C(C)OC(CNC(C)(C)C)c1ccccc1Br. The zero-order valence-electron chi connectivity index (χ0n) is 13.5. The van der Waals surface area contributed by atoms with Gasteiger partial charge in [0, 0.05) is 16.6 Å². The molecular formula is C17H28BrNO. The molecule has 0 aliphatic carbocycles. The van der Waals surface area contributed by atoms with Crippen LogP contribution in [0.15, 0.2) is 28.7 Å². The maximum Gasteiger partial charge on any atom is 0.0964 e. The van der Waals surface area contributed by atoms with E-state index in [0.29, 0.717) is 5.92 Å². The Morgan fingerprint density at radius 3 is 2.25 bits per heavy atom. The third kappa shape index (κ3) is 5.94. The molecule has 0 aromatic heterocycles. The van der Waals surface area contributed by atoms with Gasteiger partial charge >= 0.3 is 0 Å². The lowest BCUT2D eigenvalue weighted by molar-refractivity contribution is -0.0285. The average Bonchev–Trinajstić information content (AvgIpc) is 2.34. The molecule has 0 aliphatic heterocycles. The van der Waals surface area contributed by atoms with Crippen LogP contribution in [0.25, 0.3) is 0 Å². The maximum absolute atomic E-state index is 6.28. The van der Waals surface area contributed by atoms with Gasteiger partial charge in [0.25, 0.3) is 0 Å². The normalized spacial score (nSPS) is 15.4. The van der Waals surface area contributed by atoms with Gasteiger partial charge in [0.2, 0.25) is 0 Å². The lowest BCUT2D eigenvalue weighted by atomic mass is 10.0. The summed E-state index contributed by atoms with van der Waals surface area (Å²) in [5.41, 5.74) is 1.29. The van der Waals surface area contributed by atoms with Gasteiger partial charge in [0.1, 0.15) is 0 Å². The Labute approximate surface area is 132 Å². The molecule has 0 aliphatic rings. The number of benzene rings is 1. The molecule has 2 nitrogen and oxygen atoms in total. The minimum atomic E-state index is 0.0576. The van der Waals surface area contributed by atoms with E-state index in [1.54, 1.807) is 0 Å². The van der Waals surface area contributed by atoms with E-state index in [-0.39, 0.29) is 17.7 Å². The van der Waals surface area contributed by atoms with Gasteiger partial charge in [-0.05, 0) is 45.2 Å². The molecule has 0 amide bonds. The van der Waals surface area contributed by atoms with E-state index in [4.69, 9.17) is 4.74 Å². The number of halogens is 1. The van der Waals surface area contributed by atoms with Crippen molar-refractivity contribution in [3.63, 3.8) is 0 Å². The van der Waals surface area contributed by atoms with Crippen molar-refractivity contribution in [3.8, 4) is 0 Å². The molecule has 0 radical (unpaired) electrons. The van der Waals surface area contributed by atoms with Gasteiger partial charge in [-0.15, -0.1) is 0 Å². The van der Waals surface area contributed by atoms with Crippen molar-refractivity contribution >= 4 is 15.9 Å². The Morgan fingerprint density at radius 2 is 1.75 bits per heavy atom. The van der Waals surface area contributed by atoms with Crippen LogP contribution in [0.1, 0.15) is 53.2 Å². The van der Waals surface area contributed by atoms with Crippen molar-refractivity contribution in [1.29, 1.82) is 0 Å². The Hall–Kier alpha value is -0.380. The molecule has 0 fully saturated rings. The Morgan fingerprint density at radius 1 is 1.15 bits per heavy atom. The zero-order chi connectivity index (χ0) is 15.3. The number of nitrogens with one attached hydrogen (secondary N) is 1. The molecule has 0 heterocycles. The summed E-state index contributed by atoms with van der Waals surface area (Å²) in [4.78, 5) is 0. The first-order chi connectivity index (χ1) is 9.20. The summed E-state index contributed by atoms with van der Waals surface area (Å²) >= 11 is 3.64. The first-order valence-corrected chi connectivity index (χ1v) is 8.15. The molecule has 2 atom stereocenters. The van der Waals surface area contributed by atoms with Crippen molar-refractivity contribution in [2.24, 2.45) is 5.92 Å². The summed E-state index contributed by atoms with van der Waals surface area (Å²) < 4.78 is 7.39. The molecule has 1 aromatic carbocycles. The van der Waals surface area contributed by atoms with Crippen molar-refractivity contribution in [2.45, 2.75) is 59.3 Å². The molecule has 1 aromatic rings. The first-order valence-electron chi connectivity index (χ1n) is 7.35. The van der Waals surface area contributed by atoms with Crippen LogP contribution >= 0.6 is 15.9 Å². The van der Waals surface area contributed by atoms with Gasteiger partial charge in [-0.1, -0.05) is 48.0 Å². The number of hydrogen-bond acceptors (Lipinski definition) is 2. The Kier molecular flexibility index (Phi) is 6.70. The number of rotatable bonds is 6. The van der Waals surface area contributed by atoms with Crippen molar-refractivity contribution in [1.82, 2.24) is 5.32 Å². The molecule has 2 unspecified atom stereocenters. The number of hydrogen-bond donors (Lipinski definition) is 1. The van der Waals surface area contributed by atoms with E-state index < -0.39 is 0 Å². The van der Waals surface area contributed by atoms with Gasteiger partial charge in [-0.25, -0.2) is 0 Å². The van der Waals surface area contributed by atoms with E-state index in [1.807, 2.05) is 6.07 Å². The predicted molar refractivity (Wildman–Crippen MR) is 90.0 cm³/mol. The van der Waals surface area contributed by atoms with Gasteiger partial charge < -0.3 is 10.1 Å². The van der Waals surface area contributed by atoms with Crippen molar-refractivity contribution < 1.29 is 4.74 Å². The van der Waals surface area contributed by atoms with Gasteiger partial charge in [-0.2, -0.15) is 0 Å². The second kappa shape index (κ2) is 7.58. The highest BCUT2D eigenvalue weighted by atomic mass is 79.9. The van der Waals surface area contributed by atoms with Crippen LogP contribution in [-0.4, -0.2) is 18.2 Å². The van der Waals surface area contributed by atoms with Crippen molar-refractivity contribution in [3.05, 3.63) is 34.3 Å². The summed E-state index contributed by atoms with van der Waals surface area (Å²) in [7, 11) is 0. The highest BCUT2D eigenvalue weighted by molar-refractivity contribution is 9.10. The molecule has 0 spiro atoms. The van der Waals surface area contributed by atoms with Gasteiger partial charge in [-0.3, -0.25) is 0 Å². The maximum atomic E-state index is 6.28. The van der Waals surface area contributed by atoms with Gasteiger partial charge in [0.15, 0.2) is 0 Å². The highest BCUT2D eigenvalue weighted by Gasteiger charge is 2.21. The molecular weight excluding hydrogens is 314 g/mol. The third-order valence-corrected chi connectivity index (χ3v) is 4.11. The molecule has 0 saturated carbocycles. The fourth-order valence-electron chi connectivity index (χ4n) is 1.78. The monoisotopic (exact) mass is 341 g/mol. The van der Waals surface area contributed by atoms with E-state index in [2.05, 4.69) is 81.0 Å². The second-order valence-corrected chi connectivity index (χ2v) is 7.58. The largest absolute Gasteiger partial charge is 0.369 e. The zero-order valence-corrected chi connectivity index (χ0v) is 15.1. The summed E-state index contributed by atoms with van der Waals surface area (Å²) in [6, 6.07) is 8.30. The van der Waals surface area contributed by atoms with E-state index >= 15 is 0 Å². The Balaban J connectivity index is 2.87. The lowest BCUT2D eigenvalue weighted by Gasteiger charge is -2.29. The quantitative estimate of drug-likeness (QED) is 0.791. The van der Waals surface area contributed by atoms with Crippen LogP contribution in [0.4, 0.5) is 0 Å². The Bertz CT molecular complexity index is 412. The standard InChI is InChI=1S/C17H28BrNO/c1-12(2)13(3)20-16(11-19-17(4,5)6)14-9-7-8-10-15(14)18/h7-10,12-13,16,19H,11H2,1-6H3. The van der Waals surface area contributed by atoms with E-state index in [0.717, 1.165) is 11.0 Å². The van der Waals surface area contributed by atoms with E-state index in [9.17, 15) is 0 Å². The molecule has 3 heteroatoms. The van der Waals surface area contributed by atoms with Crippen LogP contribution < -0.4 is 5.32 Å². The fourth-order valence-corrected chi connectivity index (χ4v) is 2.32. The highest BCUT2D eigenvalue weighted by Crippen LogP contribution is 2.28. The average molecular weight is 342 g/mol. The molecule has 0 saturated heterocycles. The summed E-state index contributed by atoms with van der Waals surface area (Å²) in [6.45, 7) is 13.9. The number of ether oxygens (including phenoxy) is 1. The smallest absolute Gasteiger partial charge is 0.0964 e. The van der Waals surface area contributed by atoms with Crippen LogP contribution in [-0.2, 0) is 4.74 Å². The molecule has 0 bridgehead atoms. The van der Waals surface area contributed by atoms with Crippen LogP contribution in [0, 0.1) is 5.92 Å². The second-order valence-electron chi connectivity index (χ2n) is 6.73. The van der Waals surface area contributed by atoms with E-state index in [1.165, 1.54) is 5.56 Å². The minimum absolute atomic E-state index is 0.0576. The molecule has 114 valence electrons. The van der Waals surface area contributed by atoms with Crippen LogP contribution in [0.3, 0.4) is 0 Å². The molecule has 1 rings (SSSR count). The fraction of sp³-hybridized carbons (Fsp3) is 0.647. The summed E-state index contributed by atoms with van der Waals surface area (Å²) in [6.07, 6.45) is 0.288. The topological polar surface area (TPSA) is 21.3 Å². The third-order valence-electron chi connectivity index (χ3n) is 3.39.